The van der Waals surface area contributed by atoms with Gasteiger partial charge >= 0.3 is 0 Å². The fourth-order valence-corrected chi connectivity index (χ4v) is 1.44. The zero-order chi connectivity index (χ0) is 9.90. The lowest BCUT2D eigenvalue weighted by Crippen LogP contribution is -2.44. The van der Waals surface area contributed by atoms with Gasteiger partial charge in [0.05, 0.1) is 12.0 Å². The molecule has 1 rings (SSSR count). The zero-order valence-corrected chi connectivity index (χ0v) is 8.26. The Morgan fingerprint density at radius 2 is 2.31 bits per heavy atom. The maximum atomic E-state index is 11.5. The van der Waals surface area contributed by atoms with Crippen LogP contribution in [0.3, 0.4) is 0 Å². The molecule has 3 heteroatoms. The fourth-order valence-electron chi connectivity index (χ4n) is 1.44. The number of nitrogens with one attached hydrogen (secondary N) is 1. The summed E-state index contributed by atoms with van der Waals surface area (Å²) < 4.78 is 0. The Labute approximate surface area is 79.1 Å². The quantitative estimate of drug-likeness (QED) is 0.714. The number of nitrogens with zero attached hydrogens (tertiary/aromatic N) is 1. The Morgan fingerprint density at radius 1 is 1.69 bits per heavy atom. The third-order valence-corrected chi connectivity index (χ3v) is 2.79. The second kappa shape index (κ2) is 3.78. The third kappa shape index (κ3) is 2.21. The number of hydrogen-bond donors (Lipinski definition) is 1. The molecule has 0 bridgehead atoms. The van der Waals surface area contributed by atoms with Gasteiger partial charge in [0.1, 0.15) is 0 Å². The standard InChI is InChI=1S/C10H16N2O/c1-8(6-11)7-12-9(13)10(2)4-3-5-10/h8H,3-5,7H2,1-2H3,(H,12,13). The molecule has 1 aliphatic rings. The first-order valence-electron chi connectivity index (χ1n) is 4.76. The van der Waals surface area contributed by atoms with Crippen LogP contribution in [0.5, 0.6) is 0 Å². The molecule has 0 radical (unpaired) electrons. The van der Waals surface area contributed by atoms with Crippen molar-refractivity contribution in [1.29, 1.82) is 5.26 Å². The molecular weight excluding hydrogens is 164 g/mol. The molecule has 1 atom stereocenters. The number of amides is 1. The zero-order valence-electron chi connectivity index (χ0n) is 8.26. The van der Waals surface area contributed by atoms with Crippen LogP contribution in [0.1, 0.15) is 33.1 Å². The van der Waals surface area contributed by atoms with Crippen molar-refractivity contribution < 1.29 is 4.79 Å². The summed E-state index contributed by atoms with van der Waals surface area (Å²) in [4.78, 5) is 11.5. The number of rotatable bonds is 3. The van der Waals surface area contributed by atoms with Crippen LogP contribution >= 0.6 is 0 Å². The van der Waals surface area contributed by atoms with Gasteiger partial charge in [-0.25, -0.2) is 0 Å². The molecule has 1 amide bonds. The molecule has 0 spiro atoms. The first-order chi connectivity index (χ1) is 6.08. The molecule has 0 heterocycles. The van der Waals surface area contributed by atoms with Gasteiger partial charge in [-0.1, -0.05) is 13.3 Å². The molecule has 1 N–H and O–H groups in total. The van der Waals surface area contributed by atoms with E-state index < -0.39 is 0 Å². The molecule has 0 saturated heterocycles. The molecule has 72 valence electrons. The third-order valence-electron chi connectivity index (χ3n) is 2.79. The molecule has 1 unspecified atom stereocenters. The van der Waals surface area contributed by atoms with E-state index in [2.05, 4.69) is 11.4 Å². The van der Waals surface area contributed by atoms with E-state index in [4.69, 9.17) is 5.26 Å². The second-order valence-corrected chi connectivity index (χ2v) is 4.15. The van der Waals surface area contributed by atoms with E-state index in [-0.39, 0.29) is 17.2 Å². The number of hydrogen-bond acceptors (Lipinski definition) is 2. The van der Waals surface area contributed by atoms with E-state index in [1.807, 2.05) is 13.8 Å². The lowest BCUT2D eigenvalue weighted by Gasteiger charge is -2.36. The summed E-state index contributed by atoms with van der Waals surface area (Å²) >= 11 is 0. The topological polar surface area (TPSA) is 52.9 Å². The van der Waals surface area contributed by atoms with Crippen molar-refractivity contribution in [3.05, 3.63) is 0 Å². The smallest absolute Gasteiger partial charge is 0.225 e. The van der Waals surface area contributed by atoms with Crippen LogP contribution in [-0.4, -0.2) is 12.5 Å². The summed E-state index contributed by atoms with van der Waals surface area (Å²) in [6, 6.07) is 2.09. The highest BCUT2D eigenvalue weighted by molar-refractivity contribution is 5.83. The molecule has 0 aliphatic heterocycles. The van der Waals surface area contributed by atoms with Crippen LogP contribution in [0, 0.1) is 22.7 Å². The van der Waals surface area contributed by atoms with Gasteiger partial charge in [-0.05, 0) is 19.8 Å². The Kier molecular flexibility index (Phi) is 2.92. The first-order valence-corrected chi connectivity index (χ1v) is 4.76. The molecule has 13 heavy (non-hydrogen) atoms. The van der Waals surface area contributed by atoms with Gasteiger partial charge in [0, 0.05) is 12.0 Å². The largest absolute Gasteiger partial charge is 0.354 e. The van der Waals surface area contributed by atoms with Crippen LogP contribution in [0.4, 0.5) is 0 Å². The minimum absolute atomic E-state index is 0.0902. The molecule has 1 saturated carbocycles. The monoisotopic (exact) mass is 180 g/mol. The lowest BCUT2D eigenvalue weighted by atomic mass is 9.70. The highest BCUT2D eigenvalue weighted by Gasteiger charge is 2.38. The number of nitriles is 1. The van der Waals surface area contributed by atoms with Gasteiger partial charge in [0.15, 0.2) is 0 Å². The van der Waals surface area contributed by atoms with Crippen LogP contribution < -0.4 is 5.32 Å². The SMILES string of the molecule is CC(C#N)CNC(=O)C1(C)CCC1. The Morgan fingerprint density at radius 3 is 2.69 bits per heavy atom. The van der Waals surface area contributed by atoms with E-state index in [0.29, 0.717) is 6.54 Å². The van der Waals surface area contributed by atoms with Crippen molar-refractivity contribution in [3.8, 4) is 6.07 Å². The maximum Gasteiger partial charge on any atom is 0.225 e. The number of carbonyl (C=O) groups is 1. The van der Waals surface area contributed by atoms with E-state index in [1.54, 1.807) is 0 Å². The maximum absolute atomic E-state index is 11.5. The average Bonchev–Trinajstić information content (AvgIpc) is 2.09. The molecular formula is C10H16N2O. The van der Waals surface area contributed by atoms with Crippen molar-refractivity contribution in [1.82, 2.24) is 5.32 Å². The summed E-state index contributed by atoms with van der Waals surface area (Å²) in [5, 5.41) is 11.3. The summed E-state index contributed by atoms with van der Waals surface area (Å²) in [6.45, 7) is 4.27. The summed E-state index contributed by atoms with van der Waals surface area (Å²) in [6.07, 6.45) is 3.12. The van der Waals surface area contributed by atoms with Crippen molar-refractivity contribution in [2.75, 3.05) is 6.54 Å². The van der Waals surface area contributed by atoms with Gasteiger partial charge in [-0.15, -0.1) is 0 Å². The Bertz CT molecular complexity index is 238. The van der Waals surface area contributed by atoms with E-state index in [0.717, 1.165) is 19.3 Å². The summed E-state index contributed by atoms with van der Waals surface area (Å²) in [5.41, 5.74) is -0.144. The highest BCUT2D eigenvalue weighted by Crippen LogP contribution is 2.40. The predicted molar refractivity (Wildman–Crippen MR) is 49.7 cm³/mol. The fraction of sp³-hybridized carbons (Fsp3) is 0.800. The van der Waals surface area contributed by atoms with Crippen molar-refractivity contribution in [2.24, 2.45) is 11.3 Å². The summed E-state index contributed by atoms with van der Waals surface area (Å²) in [5.74, 6) is 0.0217. The minimum atomic E-state index is -0.144. The summed E-state index contributed by atoms with van der Waals surface area (Å²) in [7, 11) is 0. The Hall–Kier alpha value is -1.04. The van der Waals surface area contributed by atoms with E-state index in [9.17, 15) is 4.79 Å². The molecule has 0 aromatic heterocycles. The van der Waals surface area contributed by atoms with Gasteiger partial charge in [-0.3, -0.25) is 4.79 Å². The van der Waals surface area contributed by atoms with E-state index >= 15 is 0 Å². The van der Waals surface area contributed by atoms with Gasteiger partial charge in [-0.2, -0.15) is 5.26 Å². The van der Waals surface area contributed by atoms with E-state index in [1.165, 1.54) is 0 Å². The highest BCUT2D eigenvalue weighted by atomic mass is 16.2. The second-order valence-electron chi connectivity index (χ2n) is 4.15. The Balaban J connectivity index is 2.30. The van der Waals surface area contributed by atoms with Crippen LogP contribution in [0.15, 0.2) is 0 Å². The molecule has 0 aromatic rings. The minimum Gasteiger partial charge on any atom is -0.354 e. The lowest BCUT2D eigenvalue weighted by molar-refractivity contribution is -0.134. The van der Waals surface area contributed by atoms with Gasteiger partial charge < -0.3 is 5.32 Å². The van der Waals surface area contributed by atoms with Crippen molar-refractivity contribution in [3.63, 3.8) is 0 Å². The number of carbonyl (C=O) groups excluding carboxylic acids is 1. The van der Waals surface area contributed by atoms with Crippen LogP contribution in [0.25, 0.3) is 0 Å². The molecule has 1 aliphatic carbocycles. The first kappa shape index (κ1) is 10.0. The van der Waals surface area contributed by atoms with Crippen LogP contribution in [0.2, 0.25) is 0 Å². The van der Waals surface area contributed by atoms with Gasteiger partial charge in [0.25, 0.3) is 0 Å². The van der Waals surface area contributed by atoms with Gasteiger partial charge in [0.2, 0.25) is 5.91 Å². The normalized spacial score (nSPS) is 21.0. The molecule has 1 fully saturated rings. The van der Waals surface area contributed by atoms with Crippen LogP contribution in [-0.2, 0) is 4.79 Å². The predicted octanol–water partition coefficient (Wildman–Crippen LogP) is 1.45. The average molecular weight is 180 g/mol. The van der Waals surface area contributed by atoms with Crippen molar-refractivity contribution in [2.45, 2.75) is 33.1 Å². The van der Waals surface area contributed by atoms with Crippen molar-refractivity contribution >= 4 is 5.91 Å². The molecule has 0 aromatic carbocycles. The molecule has 3 nitrogen and oxygen atoms in total.